The summed E-state index contributed by atoms with van der Waals surface area (Å²) in [6.45, 7) is 3.17. The SMILES string of the molecule is COc1cc(O[C@@H]2O[C@H](CO)[C@@H](O)[C@H](O)[C@H]2O)c(CC=C(C)C)c2c1[C@H](O)[C@H](O)[C@@H](c1ccc(O)cc1)O2. The fraction of sp³-hybridized carbons (Fsp3) is 0.481. The lowest BCUT2D eigenvalue weighted by molar-refractivity contribution is -0.277. The molecular weight excluding hydrogens is 500 g/mol. The van der Waals surface area contributed by atoms with Crippen LogP contribution in [0.3, 0.4) is 0 Å². The summed E-state index contributed by atoms with van der Waals surface area (Å²) in [5, 5.41) is 72.2. The minimum Gasteiger partial charge on any atom is -0.508 e. The zero-order valence-electron chi connectivity index (χ0n) is 21.3. The number of aromatic hydroxyl groups is 1. The zero-order valence-corrected chi connectivity index (χ0v) is 21.3. The van der Waals surface area contributed by atoms with Gasteiger partial charge in [-0.2, -0.15) is 0 Å². The normalized spacial score (nSPS) is 30.7. The molecule has 0 unspecified atom stereocenters. The number of phenolic OH excluding ortho intramolecular Hbond substituents is 1. The highest BCUT2D eigenvalue weighted by Gasteiger charge is 2.46. The van der Waals surface area contributed by atoms with E-state index in [-0.39, 0.29) is 35.0 Å². The van der Waals surface area contributed by atoms with Crippen molar-refractivity contribution in [3.8, 4) is 23.0 Å². The molecule has 0 bridgehead atoms. The zero-order chi connectivity index (χ0) is 27.7. The number of aliphatic hydroxyl groups is 6. The Hall–Kier alpha value is -2.90. The van der Waals surface area contributed by atoms with Gasteiger partial charge in [0.05, 0.1) is 19.3 Å². The Morgan fingerprint density at radius 1 is 0.947 bits per heavy atom. The Kier molecular flexibility index (Phi) is 8.48. The topological polar surface area (TPSA) is 179 Å². The summed E-state index contributed by atoms with van der Waals surface area (Å²) in [5.41, 5.74) is 2.12. The smallest absolute Gasteiger partial charge is 0.229 e. The van der Waals surface area contributed by atoms with Crippen LogP contribution in [0.25, 0.3) is 0 Å². The van der Waals surface area contributed by atoms with Crippen molar-refractivity contribution in [3.05, 3.63) is 58.7 Å². The van der Waals surface area contributed by atoms with Gasteiger partial charge in [-0.25, -0.2) is 0 Å². The highest BCUT2D eigenvalue weighted by Crippen LogP contribution is 2.51. The number of hydrogen-bond acceptors (Lipinski definition) is 11. The molecule has 7 N–H and O–H groups in total. The maximum absolute atomic E-state index is 11.1. The molecule has 8 atom stereocenters. The van der Waals surface area contributed by atoms with Gasteiger partial charge in [-0.3, -0.25) is 0 Å². The maximum atomic E-state index is 11.1. The van der Waals surface area contributed by atoms with Gasteiger partial charge < -0.3 is 54.7 Å². The van der Waals surface area contributed by atoms with Crippen molar-refractivity contribution in [3.63, 3.8) is 0 Å². The number of methoxy groups -OCH3 is 1. The summed E-state index contributed by atoms with van der Waals surface area (Å²) in [5.74, 6) is 0.491. The highest BCUT2D eigenvalue weighted by molar-refractivity contribution is 5.60. The molecule has 2 heterocycles. The molecular formula is C27H34O11. The van der Waals surface area contributed by atoms with Crippen LogP contribution in [0.5, 0.6) is 23.0 Å². The van der Waals surface area contributed by atoms with Crippen molar-refractivity contribution in [1.82, 2.24) is 0 Å². The van der Waals surface area contributed by atoms with E-state index in [0.717, 1.165) is 5.57 Å². The van der Waals surface area contributed by atoms with Crippen molar-refractivity contribution < 1.29 is 54.7 Å². The Labute approximate surface area is 219 Å². The Morgan fingerprint density at radius 3 is 2.24 bits per heavy atom. The second-order valence-electron chi connectivity index (χ2n) is 9.66. The molecule has 1 saturated heterocycles. The molecule has 11 nitrogen and oxygen atoms in total. The number of allylic oxidation sites excluding steroid dienone is 2. The van der Waals surface area contributed by atoms with E-state index in [9.17, 15) is 35.7 Å². The number of phenols is 1. The van der Waals surface area contributed by atoms with Gasteiger partial charge in [0.15, 0.2) is 6.10 Å². The molecule has 2 aromatic carbocycles. The van der Waals surface area contributed by atoms with Crippen molar-refractivity contribution in [1.29, 1.82) is 0 Å². The van der Waals surface area contributed by atoms with Crippen LogP contribution in [0, 0.1) is 0 Å². The third-order valence-corrected chi connectivity index (χ3v) is 6.77. The van der Waals surface area contributed by atoms with E-state index in [2.05, 4.69) is 0 Å². The first-order valence-electron chi connectivity index (χ1n) is 12.2. The van der Waals surface area contributed by atoms with E-state index in [4.69, 9.17) is 18.9 Å². The van der Waals surface area contributed by atoms with Gasteiger partial charge in [0.1, 0.15) is 59.6 Å². The van der Waals surface area contributed by atoms with Crippen molar-refractivity contribution in [2.45, 2.75) is 69.3 Å². The van der Waals surface area contributed by atoms with E-state index in [0.29, 0.717) is 11.1 Å². The molecule has 1 fully saturated rings. The maximum Gasteiger partial charge on any atom is 0.229 e. The van der Waals surface area contributed by atoms with Crippen LogP contribution in [0.2, 0.25) is 0 Å². The minimum atomic E-state index is -1.65. The van der Waals surface area contributed by atoms with Gasteiger partial charge in [-0.05, 0) is 38.0 Å². The summed E-state index contributed by atoms with van der Waals surface area (Å²) in [4.78, 5) is 0. The number of fused-ring (bicyclic) bond motifs is 1. The van der Waals surface area contributed by atoms with Gasteiger partial charge in [0, 0.05) is 11.6 Å². The number of benzene rings is 2. The lowest BCUT2D eigenvalue weighted by Crippen LogP contribution is -2.60. The molecule has 11 heteroatoms. The molecule has 0 aromatic heterocycles. The van der Waals surface area contributed by atoms with Crippen LogP contribution < -0.4 is 14.2 Å². The lowest BCUT2D eigenvalue weighted by atomic mass is 9.89. The predicted octanol–water partition coefficient (Wildman–Crippen LogP) is 0.616. The Balaban J connectivity index is 1.82. The lowest BCUT2D eigenvalue weighted by Gasteiger charge is -2.40. The van der Waals surface area contributed by atoms with E-state index in [1.165, 1.54) is 25.3 Å². The van der Waals surface area contributed by atoms with Gasteiger partial charge >= 0.3 is 0 Å². The van der Waals surface area contributed by atoms with Crippen LogP contribution in [-0.4, -0.2) is 86.3 Å². The monoisotopic (exact) mass is 534 g/mol. The molecule has 4 rings (SSSR count). The number of rotatable bonds is 7. The first-order valence-corrected chi connectivity index (χ1v) is 12.2. The van der Waals surface area contributed by atoms with Crippen LogP contribution in [-0.2, 0) is 11.2 Å². The van der Waals surface area contributed by atoms with E-state index in [1.807, 2.05) is 19.9 Å². The predicted molar refractivity (Wildman–Crippen MR) is 133 cm³/mol. The molecule has 2 aromatic rings. The fourth-order valence-electron chi connectivity index (χ4n) is 4.61. The van der Waals surface area contributed by atoms with Gasteiger partial charge in [0.2, 0.25) is 6.29 Å². The van der Waals surface area contributed by atoms with Crippen LogP contribution >= 0.6 is 0 Å². The average molecular weight is 535 g/mol. The van der Waals surface area contributed by atoms with E-state index in [1.54, 1.807) is 12.1 Å². The third kappa shape index (κ3) is 5.32. The molecule has 0 aliphatic carbocycles. The summed E-state index contributed by atoms with van der Waals surface area (Å²) in [7, 11) is 1.37. The van der Waals surface area contributed by atoms with Crippen molar-refractivity contribution >= 4 is 0 Å². The summed E-state index contributed by atoms with van der Waals surface area (Å²) in [6, 6.07) is 7.48. The number of hydrogen-bond donors (Lipinski definition) is 7. The molecule has 2 aliphatic heterocycles. The first kappa shape index (κ1) is 28.1. The van der Waals surface area contributed by atoms with Crippen LogP contribution in [0.1, 0.15) is 42.7 Å². The van der Waals surface area contributed by atoms with Crippen molar-refractivity contribution in [2.24, 2.45) is 0 Å². The first-order chi connectivity index (χ1) is 18.1. The fourth-order valence-corrected chi connectivity index (χ4v) is 4.61. The summed E-state index contributed by atoms with van der Waals surface area (Å²) < 4.78 is 23.3. The molecule has 2 aliphatic rings. The van der Waals surface area contributed by atoms with E-state index < -0.39 is 55.6 Å². The summed E-state index contributed by atoms with van der Waals surface area (Å²) in [6.07, 6.45) is -9.11. The van der Waals surface area contributed by atoms with Gasteiger partial charge in [-0.15, -0.1) is 0 Å². The van der Waals surface area contributed by atoms with Gasteiger partial charge in [-0.1, -0.05) is 23.8 Å². The van der Waals surface area contributed by atoms with Crippen molar-refractivity contribution in [2.75, 3.05) is 13.7 Å². The highest BCUT2D eigenvalue weighted by atomic mass is 16.7. The molecule has 0 saturated carbocycles. The second kappa shape index (κ2) is 11.5. The Morgan fingerprint density at radius 2 is 1.63 bits per heavy atom. The average Bonchev–Trinajstić information content (AvgIpc) is 2.90. The third-order valence-electron chi connectivity index (χ3n) is 6.77. The number of ether oxygens (including phenoxy) is 4. The molecule has 38 heavy (non-hydrogen) atoms. The quantitative estimate of drug-likeness (QED) is 0.248. The minimum absolute atomic E-state index is 0.0288. The second-order valence-corrected chi connectivity index (χ2v) is 9.66. The molecule has 0 radical (unpaired) electrons. The van der Waals surface area contributed by atoms with Crippen LogP contribution in [0.4, 0.5) is 0 Å². The standard InChI is InChI=1S/C27H34O11/c1-12(2)4-9-15-16(36-27-24(34)22(32)20(30)18(11-28)37-27)10-17(35-3)19-21(31)23(33)25(38-26(15)19)13-5-7-14(29)8-6-13/h4-8,10,18,20-25,27-34H,9,11H2,1-3H3/t18-,20-,21+,22+,23+,24-,25-,27-/m1/s1. The van der Waals surface area contributed by atoms with E-state index >= 15 is 0 Å². The summed E-state index contributed by atoms with van der Waals surface area (Å²) >= 11 is 0. The number of aliphatic hydroxyl groups excluding tert-OH is 6. The van der Waals surface area contributed by atoms with Gasteiger partial charge in [0.25, 0.3) is 0 Å². The molecule has 208 valence electrons. The molecule has 0 amide bonds. The largest absolute Gasteiger partial charge is 0.508 e. The Bertz CT molecular complexity index is 1140. The molecule has 0 spiro atoms. The van der Waals surface area contributed by atoms with Crippen LogP contribution in [0.15, 0.2) is 42.0 Å².